The number of hydrogen-bond donors (Lipinski definition) is 2. The molecule has 0 unspecified atom stereocenters. The summed E-state index contributed by atoms with van der Waals surface area (Å²) in [7, 11) is 3.01. The lowest BCUT2D eigenvalue weighted by molar-refractivity contribution is -0.118. The summed E-state index contributed by atoms with van der Waals surface area (Å²) in [4.78, 5) is 24.8. The second kappa shape index (κ2) is 11.4. The van der Waals surface area contributed by atoms with Crippen LogP contribution in [0.5, 0.6) is 17.2 Å². The number of benzene rings is 3. The standard InChI is InChI=1S/C26H27ClN2O5/c1-16(2)25(30)29-21-11-10-20(14-23(21)32-3)28-26(31)18-7-12-22(24(13-18)33-4)34-15-17-5-8-19(27)9-6-17/h5-14,16H,15H2,1-4H3,(H,28,31)(H,29,30). The van der Waals surface area contributed by atoms with Crippen LogP contribution >= 0.6 is 11.6 Å². The van der Waals surface area contributed by atoms with E-state index in [1.165, 1.54) is 14.2 Å². The Morgan fingerprint density at radius 1 is 0.853 bits per heavy atom. The van der Waals surface area contributed by atoms with Crippen LogP contribution in [-0.4, -0.2) is 26.0 Å². The lowest BCUT2D eigenvalue weighted by Crippen LogP contribution is -2.18. The second-order valence-electron chi connectivity index (χ2n) is 7.79. The first-order valence-corrected chi connectivity index (χ1v) is 11.0. The molecule has 0 radical (unpaired) electrons. The Labute approximate surface area is 204 Å². The summed E-state index contributed by atoms with van der Waals surface area (Å²) in [5, 5.41) is 6.29. The van der Waals surface area contributed by atoms with E-state index in [0.29, 0.717) is 45.8 Å². The van der Waals surface area contributed by atoms with Gasteiger partial charge in [-0.15, -0.1) is 0 Å². The summed E-state index contributed by atoms with van der Waals surface area (Å²) in [6.07, 6.45) is 0. The van der Waals surface area contributed by atoms with Crippen molar-refractivity contribution in [2.24, 2.45) is 5.92 Å². The molecule has 3 aromatic carbocycles. The van der Waals surface area contributed by atoms with E-state index in [-0.39, 0.29) is 17.7 Å². The molecule has 0 saturated heterocycles. The molecule has 0 aliphatic rings. The Morgan fingerprint density at radius 2 is 1.56 bits per heavy atom. The minimum atomic E-state index is -0.330. The fourth-order valence-electron chi connectivity index (χ4n) is 3.02. The molecule has 3 aromatic rings. The average Bonchev–Trinajstić information content (AvgIpc) is 2.84. The molecule has 2 N–H and O–H groups in total. The summed E-state index contributed by atoms with van der Waals surface area (Å²) >= 11 is 5.92. The van der Waals surface area contributed by atoms with Gasteiger partial charge in [0.25, 0.3) is 5.91 Å². The summed E-state index contributed by atoms with van der Waals surface area (Å²) in [6.45, 7) is 3.94. The normalized spacial score (nSPS) is 10.5. The first kappa shape index (κ1) is 24.9. The Kier molecular flexibility index (Phi) is 8.38. The lowest BCUT2D eigenvalue weighted by atomic mass is 10.1. The SMILES string of the molecule is COc1cc(NC(=O)c2ccc(OCc3ccc(Cl)cc3)c(OC)c2)ccc1NC(=O)C(C)C. The van der Waals surface area contributed by atoms with Crippen molar-refractivity contribution in [3.63, 3.8) is 0 Å². The van der Waals surface area contributed by atoms with Crippen LogP contribution in [0.1, 0.15) is 29.8 Å². The largest absolute Gasteiger partial charge is 0.494 e. The van der Waals surface area contributed by atoms with Crippen molar-refractivity contribution < 1.29 is 23.8 Å². The number of halogens is 1. The maximum Gasteiger partial charge on any atom is 0.255 e. The molecule has 3 rings (SSSR count). The van der Waals surface area contributed by atoms with E-state index in [4.69, 9.17) is 25.8 Å². The highest BCUT2D eigenvalue weighted by Gasteiger charge is 2.15. The van der Waals surface area contributed by atoms with Crippen LogP contribution in [0.25, 0.3) is 0 Å². The third-order valence-corrected chi connectivity index (χ3v) is 5.23. The number of carbonyl (C=O) groups excluding carboxylic acids is 2. The van der Waals surface area contributed by atoms with E-state index in [1.54, 1.807) is 62.4 Å². The molecule has 0 spiro atoms. The number of nitrogens with one attached hydrogen (secondary N) is 2. The molecule has 34 heavy (non-hydrogen) atoms. The van der Waals surface area contributed by atoms with E-state index < -0.39 is 0 Å². The van der Waals surface area contributed by atoms with E-state index >= 15 is 0 Å². The zero-order chi connectivity index (χ0) is 24.7. The average molecular weight is 483 g/mol. The minimum absolute atomic E-state index is 0.124. The van der Waals surface area contributed by atoms with Crippen molar-refractivity contribution in [1.82, 2.24) is 0 Å². The van der Waals surface area contributed by atoms with Gasteiger partial charge < -0.3 is 24.8 Å². The number of rotatable bonds is 9. The van der Waals surface area contributed by atoms with E-state index in [1.807, 2.05) is 12.1 Å². The van der Waals surface area contributed by atoms with Crippen molar-refractivity contribution in [3.8, 4) is 17.2 Å². The lowest BCUT2D eigenvalue weighted by Gasteiger charge is -2.14. The molecule has 0 fully saturated rings. The van der Waals surface area contributed by atoms with Gasteiger partial charge in [-0.25, -0.2) is 0 Å². The summed E-state index contributed by atoms with van der Waals surface area (Å²) in [6, 6.07) is 17.3. The quantitative estimate of drug-likeness (QED) is 0.403. The minimum Gasteiger partial charge on any atom is -0.494 e. The highest BCUT2D eigenvalue weighted by atomic mass is 35.5. The van der Waals surface area contributed by atoms with Gasteiger partial charge in [-0.1, -0.05) is 37.6 Å². The molecule has 0 aromatic heterocycles. The van der Waals surface area contributed by atoms with Crippen molar-refractivity contribution in [1.29, 1.82) is 0 Å². The molecule has 0 saturated carbocycles. The molecule has 0 heterocycles. The number of methoxy groups -OCH3 is 2. The zero-order valence-corrected chi connectivity index (χ0v) is 20.2. The molecule has 0 aliphatic heterocycles. The summed E-state index contributed by atoms with van der Waals surface area (Å²) in [5.41, 5.74) is 2.40. The van der Waals surface area contributed by atoms with Crippen LogP contribution < -0.4 is 24.8 Å². The maximum absolute atomic E-state index is 12.8. The van der Waals surface area contributed by atoms with Gasteiger partial charge in [-0.2, -0.15) is 0 Å². The van der Waals surface area contributed by atoms with Gasteiger partial charge in [0.1, 0.15) is 12.4 Å². The molecule has 0 aliphatic carbocycles. The predicted octanol–water partition coefficient (Wildman–Crippen LogP) is 5.78. The molecule has 178 valence electrons. The Hall–Kier alpha value is -3.71. The molecule has 0 bridgehead atoms. The monoisotopic (exact) mass is 482 g/mol. The molecule has 2 amide bonds. The van der Waals surface area contributed by atoms with Crippen molar-refractivity contribution in [3.05, 3.63) is 76.8 Å². The number of hydrogen-bond acceptors (Lipinski definition) is 5. The molecule has 0 atom stereocenters. The van der Waals surface area contributed by atoms with E-state index in [9.17, 15) is 9.59 Å². The van der Waals surface area contributed by atoms with Crippen LogP contribution in [0.3, 0.4) is 0 Å². The van der Waals surface area contributed by atoms with Crippen LogP contribution in [0, 0.1) is 5.92 Å². The summed E-state index contributed by atoms with van der Waals surface area (Å²) < 4.78 is 16.6. The number of ether oxygens (including phenoxy) is 3. The Bertz CT molecular complexity index is 1160. The molecule has 7 nitrogen and oxygen atoms in total. The fraction of sp³-hybridized carbons (Fsp3) is 0.231. The van der Waals surface area contributed by atoms with Gasteiger partial charge >= 0.3 is 0 Å². The highest BCUT2D eigenvalue weighted by molar-refractivity contribution is 6.30. The summed E-state index contributed by atoms with van der Waals surface area (Å²) in [5.74, 6) is 0.767. The topological polar surface area (TPSA) is 85.9 Å². The smallest absolute Gasteiger partial charge is 0.255 e. The first-order chi connectivity index (χ1) is 16.3. The fourth-order valence-corrected chi connectivity index (χ4v) is 3.15. The van der Waals surface area contributed by atoms with E-state index in [0.717, 1.165) is 5.56 Å². The van der Waals surface area contributed by atoms with Gasteiger partial charge in [0.05, 0.1) is 19.9 Å². The second-order valence-corrected chi connectivity index (χ2v) is 8.23. The van der Waals surface area contributed by atoms with Crippen LogP contribution in [0.4, 0.5) is 11.4 Å². The van der Waals surface area contributed by atoms with Crippen LogP contribution in [-0.2, 0) is 11.4 Å². The van der Waals surface area contributed by atoms with Crippen molar-refractivity contribution >= 4 is 34.8 Å². The number of anilines is 2. The van der Waals surface area contributed by atoms with Gasteiger partial charge in [-0.05, 0) is 48.0 Å². The Balaban J connectivity index is 1.70. The van der Waals surface area contributed by atoms with Crippen molar-refractivity contribution in [2.45, 2.75) is 20.5 Å². The van der Waals surface area contributed by atoms with Gasteiger partial charge in [0, 0.05) is 28.3 Å². The maximum atomic E-state index is 12.8. The molecule has 8 heteroatoms. The molecular weight excluding hydrogens is 456 g/mol. The third kappa shape index (κ3) is 6.42. The van der Waals surface area contributed by atoms with Gasteiger partial charge in [0.15, 0.2) is 11.5 Å². The number of carbonyl (C=O) groups is 2. The highest BCUT2D eigenvalue weighted by Crippen LogP contribution is 2.31. The van der Waals surface area contributed by atoms with E-state index in [2.05, 4.69) is 10.6 Å². The molecular formula is C26H27ClN2O5. The zero-order valence-electron chi connectivity index (χ0n) is 19.5. The first-order valence-electron chi connectivity index (χ1n) is 10.7. The van der Waals surface area contributed by atoms with Crippen LogP contribution in [0.15, 0.2) is 60.7 Å². The van der Waals surface area contributed by atoms with Gasteiger partial charge in [0.2, 0.25) is 5.91 Å². The van der Waals surface area contributed by atoms with Crippen molar-refractivity contribution in [2.75, 3.05) is 24.9 Å². The van der Waals surface area contributed by atoms with Gasteiger partial charge in [-0.3, -0.25) is 9.59 Å². The third-order valence-electron chi connectivity index (χ3n) is 4.98. The predicted molar refractivity (Wildman–Crippen MR) is 133 cm³/mol. The number of amides is 2. The van der Waals surface area contributed by atoms with Crippen LogP contribution in [0.2, 0.25) is 5.02 Å². The Morgan fingerprint density at radius 3 is 2.21 bits per heavy atom.